The SMILES string of the molecule is C[C@H]1CCCN(CCC(=O)N(C)C)C1. The van der Waals surface area contributed by atoms with Gasteiger partial charge in [-0.05, 0) is 25.3 Å². The summed E-state index contributed by atoms with van der Waals surface area (Å²) in [6.45, 7) is 5.56. The molecule has 1 saturated heterocycles. The third-order valence-corrected chi connectivity index (χ3v) is 2.88. The molecule has 0 N–H and O–H groups in total. The Bertz CT molecular complexity index is 192. The lowest BCUT2D eigenvalue weighted by atomic mass is 10.0. The molecule has 0 radical (unpaired) electrons. The van der Waals surface area contributed by atoms with E-state index in [1.165, 1.54) is 25.9 Å². The van der Waals surface area contributed by atoms with Gasteiger partial charge in [-0.15, -0.1) is 0 Å². The second kappa shape index (κ2) is 5.35. The average molecular weight is 198 g/mol. The van der Waals surface area contributed by atoms with Gasteiger partial charge in [0.25, 0.3) is 0 Å². The third kappa shape index (κ3) is 3.66. The van der Waals surface area contributed by atoms with Crippen molar-refractivity contribution >= 4 is 5.91 Å². The van der Waals surface area contributed by atoms with Crippen LogP contribution >= 0.6 is 0 Å². The van der Waals surface area contributed by atoms with E-state index < -0.39 is 0 Å². The van der Waals surface area contributed by atoms with Crippen molar-refractivity contribution in [3.63, 3.8) is 0 Å². The van der Waals surface area contributed by atoms with Gasteiger partial charge in [0.2, 0.25) is 5.91 Å². The van der Waals surface area contributed by atoms with Crippen LogP contribution in [0.1, 0.15) is 26.2 Å². The molecule has 0 aromatic carbocycles. The van der Waals surface area contributed by atoms with Gasteiger partial charge in [0.05, 0.1) is 0 Å². The molecule has 1 fully saturated rings. The van der Waals surface area contributed by atoms with Crippen molar-refractivity contribution < 1.29 is 4.79 Å². The Morgan fingerprint density at radius 3 is 2.79 bits per heavy atom. The van der Waals surface area contributed by atoms with Gasteiger partial charge in [-0.25, -0.2) is 0 Å². The molecule has 1 atom stereocenters. The maximum absolute atomic E-state index is 11.4. The molecular formula is C11H22N2O. The van der Waals surface area contributed by atoms with Crippen molar-refractivity contribution in [2.45, 2.75) is 26.2 Å². The van der Waals surface area contributed by atoms with Gasteiger partial charge in [0.1, 0.15) is 0 Å². The maximum Gasteiger partial charge on any atom is 0.223 e. The molecule has 1 heterocycles. The summed E-state index contributed by atoms with van der Waals surface area (Å²) in [4.78, 5) is 15.5. The first-order chi connectivity index (χ1) is 6.59. The number of piperidine rings is 1. The van der Waals surface area contributed by atoms with Crippen LogP contribution in [-0.2, 0) is 4.79 Å². The zero-order valence-electron chi connectivity index (χ0n) is 9.62. The van der Waals surface area contributed by atoms with Crippen LogP contribution in [0.2, 0.25) is 0 Å². The monoisotopic (exact) mass is 198 g/mol. The highest BCUT2D eigenvalue weighted by Gasteiger charge is 2.16. The fraction of sp³-hybridized carbons (Fsp3) is 0.909. The molecule has 1 rings (SSSR count). The number of likely N-dealkylation sites (tertiary alicyclic amines) is 1. The van der Waals surface area contributed by atoms with Crippen LogP contribution in [0.15, 0.2) is 0 Å². The molecule has 0 spiro atoms. The summed E-state index contributed by atoms with van der Waals surface area (Å²) >= 11 is 0. The van der Waals surface area contributed by atoms with Crippen LogP contribution in [0.5, 0.6) is 0 Å². The Balaban J connectivity index is 2.20. The normalized spacial score (nSPS) is 23.5. The summed E-state index contributed by atoms with van der Waals surface area (Å²) in [5, 5.41) is 0. The number of amides is 1. The van der Waals surface area contributed by atoms with Crippen molar-refractivity contribution in [3.8, 4) is 0 Å². The number of hydrogen-bond donors (Lipinski definition) is 0. The highest BCUT2D eigenvalue weighted by atomic mass is 16.2. The van der Waals surface area contributed by atoms with Crippen LogP contribution in [0.3, 0.4) is 0 Å². The van der Waals surface area contributed by atoms with Crippen LogP contribution < -0.4 is 0 Å². The molecule has 82 valence electrons. The topological polar surface area (TPSA) is 23.6 Å². The van der Waals surface area contributed by atoms with Crippen molar-refractivity contribution in [1.29, 1.82) is 0 Å². The highest BCUT2D eigenvalue weighted by molar-refractivity contribution is 5.75. The first kappa shape index (κ1) is 11.5. The van der Waals surface area contributed by atoms with E-state index in [1.807, 2.05) is 14.1 Å². The lowest BCUT2D eigenvalue weighted by molar-refractivity contribution is -0.129. The second-order valence-corrected chi connectivity index (χ2v) is 4.59. The Kier molecular flexibility index (Phi) is 4.39. The molecule has 3 nitrogen and oxygen atoms in total. The van der Waals surface area contributed by atoms with Gasteiger partial charge < -0.3 is 9.80 Å². The summed E-state index contributed by atoms with van der Waals surface area (Å²) in [6.07, 6.45) is 3.30. The maximum atomic E-state index is 11.4. The zero-order valence-corrected chi connectivity index (χ0v) is 9.62. The van der Waals surface area contributed by atoms with Gasteiger partial charge in [-0.1, -0.05) is 6.92 Å². The molecule has 0 aromatic rings. The highest BCUT2D eigenvalue weighted by Crippen LogP contribution is 2.15. The molecule has 0 aliphatic carbocycles. The first-order valence-electron chi connectivity index (χ1n) is 5.52. The van der Waals surface area contributed by atoms with E-state index in [0.717, 1.165) is 12.5 Å². The molecule has 0 saturated carbocycles. The summed E-state index contributed by atoms with van der Waals surface area (Å²) in [6, 6.07) is 0. The van der Waals surface area contributed by atoms with Gasteiger partial charge in [0.15, 0.2) is 0 Å². The van der Waals surface area contributed by atoms with E-state index in [-0.39, 0.29) is 5.91 Å². The van der Waals surface area contributed by atoms with Crippen molar-refractivity contribution in [3.05, 3.63) is 0 Å². The van der Waals surface area contributed by atoms with Gasteiger partial charge >= 0.3 is 0 Å². The molecule has 1 aliphatic heterocycles. The minimum Gasteiger partial charge on any atom is -0.349 e. The van der Waals surface area contributed by atoms with Crippen LogP contribution in [0, 0.1) is 5.92 Å². The minimum atomic E-state index is 0.239. The van der Waals surface area contributed by atoms with Crippen LogP contribution in [-0.4, -0.2) is 49.4 Å². The molecule has 1 aliphatic rings. The molecule has 1 amide bonds. The number of rotatable bonds is 3. The van der Waals surface area contributed by atoms with E-state index in [9.17, 15) is 4.79 Å². The predicted molar refractivity (Wildman–Crippen MR) is 58.1 cm³/mol. The van der Waals surface area contributed by atoms with E-state index in [2.05, 4.69) is 11.8 Å². The summed E-state index contributed by atoms with van der Waals surface area (Å²) in [7, 11) is 3.64. The first-order valence-corrected chi connectivity index (χ1v) is 5.52. The zero-order chi connectivity index (χ0) is 10.6. The van der Waals surface area contributed by atoms with Crippen molar-refractivity contribution in [2.24, 2.45) is 5.92 Å². The van der Waals surface area contributed by atoms with Gasteiger partial charge in [-0.2, -0.15) is 0 Å². The summed E-state index contributed by atoms with van der Waals surface area (Å²) in [5.74, 6) is 1.04. The molecular weight excluding hydrogens is 176 g/mol. The Morgan fingerprint density at radius 1 is 1.50 bits per heavy atom. The van der Waals surface area contributed by atoms with E-state index in [4.69, 9.17) is 0 Å². The Labute approximate surface area is 87.1 Å². The molecule has 0 unspecified atom stereocenters. The van der Waals surface area contributed by atoms with Crippen molar-refractivity contribution in [2.75, 3.05) is 33.7 Å². The van der Waals surface area contributed by atoms with E-state index in [0.29, 0.717) is 6.42 Å². The summed E-state index contributed by atoms with van der Waals surface area (Å²) in [5.41, 5.74) is 0. The van der Waals surface area contributed by atoms with Gasteiger partial charge in [0, 0.05) is 33.6 Å². The number of hydrogen-bond acceptors (Lipinski definition) is 2. The fourth-order valence-corrected chi connectivity index (χ4v) is 1.97. The predicted octanol–water partition coefficient (Wildman–Crippen LogP) is 1.20. The molecule has 0 aromatic heterocycles. The van der Waals surface area contributed by atoms with E-state index in [1.54, 1.807) is 4.90 Å². The largest absolute Gasteiger partial charge is 0.349 e. The quantitative estimate of drug-likeness (QED) is 0.680. The Hall–Kier alpha value is -0.570. The van der Waals surface area contributed by atoms with Crippen LogP contribution in [0.25, 0.3) is 0 Å². The second-order valence-electron chi connectivity index (χ2n) is 4.59. The minimum absolute atomic E-state index is 0.239. The molecule has 0 bridgehead atoms. The summed E-state index contributed by atoms with van der Waals surface area (Å²) < 4.78 is 0. The van der Waals surface area contributed by atoms with Crippen LogP contribution in [0.4, 0.5) is 0 Å². The van der Waals surface area contributed by atoms with Gasteiger partial charge in [-0.3, -0.25) is 4.79 Å². The number of carbonyl (C=O) groups excluding carboxylic acids is 1. The van der Waals surface area contributed by atoms with E-state index >= 15 is 0 Å². The lowest BCUT2D eigenvalue weighted by Gasteiger charge is -2.30. The molecule has 14 heavy (non-hydrogen) atoms. The molecule has 3 heteroatoms. The number of nitrogens with zero attached hydrogens (tertiary/aromatic N) is 2. The number of carbonyl (C=O) groups is 1. The lowest BCUT2D eigenvalue weighted by Crippen LogP contribution is -2.37. The average Bonchev–Trinajstić information content (AvgIpc) is 2.14. The Morgan fingerprint density at radius 2 is 2.21 bits per heavy atom. The smallest absolute Gasteiger partial charge is 0.223 e. The fourth-order valence-electron chi connectivity index (χ4n) is 1.97. The van der Waals surface area contributed by atoms with Crippen molar-refractivity contribution in [1.82, 2.24) is 9.80 Å². The third-order valence-electron chi connectivity index (χ3n) is 2.88. The standard InChI is InChI=1S/C11H22N2O/c1-10-5-4-7-13(9-10)8-6-11(14)12(2)3/h10H,4-9H2,1-3H3/t10-/m0/s1.